The van der Waals surface area contributed by atoms with Crippen LogP contribution < -0.4 is 10.6 Å². The molecule has 2 rings (SSSR count). The highest BCUT2D eigenvalue weighted by molar-refractivity contribution is 7.81. The van der Waals surface area contributed by atoms with Gasteiger partial charge in [0.2, 0.25) is 11.8 Å². The summed E-state index contributed by atoms with van der Waals surface area (Å²) in [6.45, 7) is 1.46. The number of para-hydroxylation sites is 1. The van der Waals surface area contributed by atoms with Gasteiger partial charge in [-0.25, -0.2) is 4.79 Å². The van der Waals surface area contributed by atoms with Gasteiger partial charge in [0, 0.05) is 23.5 Å². The first-order valence-electron chi connectivity index (χ1n) is 8.47. The first-order chi connectivity index (χ1) is 13.2. The average molecular weight is 407 g/mol. The van der Waals surface area contributed by atoms with E-state index in [0.29, 0.717) is 5.56 Å². The number of hydrogen-bond donors (Lipinski definition) is 6. The van der Waals surface area contributed by atoms with Crippen LogP contribution in [-0.2, 0) is 25.6 Å². The number of amides is 2. The Morgan fingerprint density at radius 3 is 2.32 bits per heavy atom. The molecule has 2 amide bonds. The predicted octanol–water partition coefficient (Wildman–Crippen LogP) is 0.558. The van der Waals surface area contributed by atoms with Crippen molar-refractivity contribution in [3.05, 3.63) is 36.0 Å². The Morgan fingerprint density at radius 2 is 1.71 bits per heavy atom. The number of benzene rings is 1. The minimum Gasteiger partial charge on any atom is -0.481 e. The molecule has 0 bridgehead atoms. The van der Waals surface area contributed by atoms with Crippen LogP contribution in [0.25, 0.3) is 10.9 Å². The van der Waals surface area contributed by atoms with E-state index in [9.17, 15) is 24.3 Å². The van der Waals surface area contributed by atoms with E-state index in [4.69, 9.17) is 5.11 Å². The topological polar surface area (TPSA) is 149 Å². The van der Waals surface area contributed by atoms with Gasteiger partial charge in [0.1, 0.15) is 12.1 Å². The van der Waals surface area contributed by atoms with E-state index >= 15 is 0 Å². The van der Waals surface area contributed by atoms with Crippen LogP contribution in [0, 0.1) is 0 Å². The molecule has 0 aliphatic heterocycles. The number of carboxylic acid groups (broad SMARTS) is 2. The Labute approximate surface area is 165 Å². The normalized spacial score (nSPS) is 14.1. The summed E-state index contributed by atoms with van der Waals surface area (Å²) in [5.74, 6) is -4.11. The summed E-state index contributed by atoms with van der Waals surface area (Å²) in [5.41, 5.74) is 1.51. The molecule has 2 aromatic rings. The monoisotopic (exact) mass is 407 g/mol. The van der Waals surface area contributed by atoms with Crippen LogP contribution in [0.5, 0.6) is 0 Å². The second-order valence-electron chi connectivity index (χ2n) is 6.30. The number of carbonyl (C=O) groups excluding carboxylic acids is 2. The number of thiol groups is 1. The number of H-pyrrole nitrogens is 1. The standard InChI is InChI=1S/C18H21N3O6S/c1-9(28)16(24)20-13(7-15(22)23)17(25)21-14(18(26)27)6-10-8-19-12-5-3-2-4-11(10)12/h2-5,8-9,13-14,19,28H,6-7H2,1H3,(H,20,24)(H,21,25)(H,22,23)(H,26,27)/t9-,13?,14-/m0/s1. The molecule has 1 aromatic carbocycles. The fourth-order valence-electron chi connectivity index (χ4n) is 2.67. The molecule has 0 saturated carbocycles. The van der Waals surface area contributed by atoms with Gasteiger partial charge in [-0.2, -0.15) is 12.6 Å². The van der Waals surface area contributed by atoms with Gasteiger partial charge in [-0.3, -0.25) is 14.4 Å². The Balaban J connectivity index is 2.16. The number of hydrogen-bond acceptors (Lipinski definition) is 5. The molecule has 150 valence electrons. The highest BCUT2D eigenvalue weighted by Gasteiger charge is 2.29. The van der Waals surface area contributed by atoms with E-state index < -0.39 is 47.5 Å². The van der Waals surface area contributed by atoms with E-state index in [1.54, 1.807) is 6.20 Å². The second-order valence-corrected chi connectivity index (χ2v) is 7.07. The van der Waals surface area contributed by atoms with Crippen molar-refractivity contribution in [3.63, 3.8) is 0 Å². The van der Waals surface area contributed by atoms with Gasteiger partial charge in [-0.05, 0) is 18.6 Å². The number of aromatic amines is 1. The first kappa shape index (κ1) is 21.3. The van der Waals surface area contributed by atoms with Crippen LogP contribution in [0.4, 0.5) is 0 Å². The third kappa shape index (κ3) is 5.49. The van der Waals surface area contributed by atoms with Crippen molar-refractivity contribution in [1.29, 1.82) is 0 Å². The van der Waals surface area contributed by atoms with Gasteiger partial charge >= 0.3 is 11.9 Å². The van der Waals surface area contributed by atoms with Crippen LogP contribution in [-0.4, -0.2) is 56.3 Å². The lowest BCUT2D eigenvalue weighted by molar-refractivity contribution is -0.143. The number of aliphatic carboxylic acids is 2. The van der Waals surface area contributed by atoms with Crippen molar-refractivity contribution in [2.75, 3.05) is 0 Å². The van der Waals surface area contributed by atoms with Crippen LogP contribution in [0.15, 0.2) is 30.5 Å². The Hall–Kier alpha value is -3.01. The zero-order valence-electron chi connectivity index (χ0n) is 15.0. The smallest absolute Gasteiger partial charge is 0.326 e. The van der Waals surface area contributed by atoms with Gasteiger partial charge in [0.05, 0.1) is 11.7 Å². The number of carbonyl (C=O) groups is 4. The minimum absolute atomic E-state index is 0.0121. The fourth-order valence-corrected chi connectivity index (χ4v) is 2.74. The summed E-state index contributed by atoms with van der Waals surface area (Å²) < 4.78 is 0. The van der Waals surface area contributed by atoms with Crippen LogP contribution in [0.1, 0.15) is 18.9 Å². The molecular weight excluding hydrogens is 386 g/mol. The summed E-state index contributed by atoms with van der Waals surface area (Å²) in [6, 6.07) is 4.59. The number of fused-ring (bicyclic) bond motifs is 1. The summed E-state index contributed by atoms with van der Waals surface area (Å²) >= 11 is 3.93. The zero-order chi connectivity index (χ0) is 20.8. The van der Waals surface area contributed by atoms with E-state index in [1.165, 1.54) is 6.92 Å². The van der Waals surface area contributed by atoms with Crippen molar-refractivity contribution in [3.8, 4) is 0 Å². The summed E-state index contributed by atoms with van der Waals surface area (Å²) in [5, 5.41) is 23.1. The lowest BCUT2D eigenvalue weighted by Gasteiger charge is -2.21. The van der Waals surface area contributed by atoms with E-state index in [0.717, 1.165) is 10.9 Å². The van der Waals surface area contributed by atoms with E-state index in [2.05, 4.69) is 28.2 Å². The van der Waals surface area contributed by atoms with E-state index in [1.807, 2.05) is 24.3 Å². The summed E-state index contributed by atoms with van der Waals surface area (Å²) in [6.07, 6.45) is 0.963. The number of aromatic nitrogens is 1. The molecule has 0 saturated heterocycles. The summed E-state index contributed by atoms with van der Waals surface area (Å²) in [7, 11) is 0. The van der Waals surface area contributed by atoms with Crippen LogP contribution >= 0.6 is 12.6 Å². The Kier molecular flexibility index (Phi) is 7.05. The Bertz CT molecular complexity index is 894. The SMILES string of the molecule is C[C@H](S)C(=O)NC(CC(=O)O)C(=O)N[C@@H](Cc1c[nH]c2ccccc12)C(=O)O. The largest absolute Gasteiger partial charge is 0.481 e. The van der Waals surface area contributed by atoms with Crippen molar-refractivity contribution in [2.45, 2.75) is 37.1 Å². The molecule has 1 unspecified atom stereocenters. The van der Waals surface area contributed by atoms with Crippen molar-refractivity contribution >= 4 is 47.3 Å². The molecule has 28 heavy (non-hydrogen) atoms. The number of nitrogens with one attached hydrogen (secondary N) is 3. The lowest BCUT2D eigenvalue weighted by atomic mass is 10.0. The number of carboxylic acids is 2. The van der Waals surface area contributed by atoms with Gasteiger partial charge in [0.25, 0.3) is 0 Å². The van der Waals surface area contributed by atoms with E-state index in [-0.39, 0.29) is 6.42 Å². The molecule has 9 nitrogen and oxygen atoms in total. The Morgan fingerprint density at radius 1 is 1.07 bits per heavy atom. The molecule has 3 atom stereocenters. The molecule has 0 fully saturated rings. The molecule has 1 aromatic heterocycles. The molecule has 10 heteroatoms. The van der Waals surface area contributed by atoms with Crippen LogP contribution in [0.3, 0.4) is 0 Å². The fraction of sp³-hybridized carbons (Fsp3) is 0.333. The lowest BCUT2D eigenvalue weighted by Crippen LogP contribution is -2.53. The molecule has 0 radical (unpaired) electrons. The maximum atomic E-state index is 12.5. The molecule has 1 heterocycles. The molecule has 5 N–H and O–H groups in total. The second kappa shape index (κ2) is 9.27. The average Bonchev–Trinajstić information content (AvgIpc) is 3.03. The molecule has 0 aliphatic carbocycles. The molecule has 0 aliphatic rings. The van der Waals surface area contributed by atoms with Gasteiger partial charge in [-0.15, -0.1) is 0 Å². The molecular formula is C18H21N3O6S. The predicted molar refractivity (Wildman–Crippen MR) is 104 cm³/mol. The van der Waals surface area contributed by atoms with Gasteiger partial charge < -0.3 is 25.8 Å². The highest BCUT2D eigenvalue weighted by Crippen LogP contribution is 2.19. The quantitative estimate of drug-likeness (QED) is 0.335. The third-order valence-corrected chi connectivity index (χ3v) is 4.34. The first-order valence-corrected chi connectivity index (χ1v) is 8.99. The third-order valence-electron chi connectivity index (χ3n) is 4.10. The number of rotatable bonds is 9. The minimum atomic E-state index is -1.41. The maximum Gasteiger partial charge on any atom is 0.326 e. The summed E-state index contributed by atoms with van der Waals surface area (Å²) in [4.78, 5) is 49.9. The molecule has 0 spiro atoms. The maximum absolute atomic E-state index is 12.5. The van der Waals surface area contributed by atoms with Crippen molar-refractivity contribution < 1.29 is 29.4 Å². The van der Waals surface area contributed by atoms with Crippen molar-refractivity contribution in [1.82, 2.24) is 15.6 Å². The van der Waals surface area contributed by atoms with Gasteiger partial charge in [0.15, 0.2) is 0 Å². The zero-order valence-corrected chi connectivity index (χ0v) is 15.9. The van der Waals surface area contributed by atoms with Gasteiger partial charge in [-0.1, -0.05) is 18.2 Å². The van der Waals surface area contributed by atoms with Crippen LogP contribution in [0.2, 0.25) is 0 Å². The highest BCUT2D eigenvalue weighted by atomic mass is 32.1. The van der Waals surface area contributed by atoms with Crippen molar-refractivity contribution in [2.24, 2.45) is 0 Å².